The summed E-state index contributed by atoms with van der Waals surface area (Å²) in [6.07, 6.45) is 6.11. The molecule has 112 valence electrons. The zero-order valence-electron chi connectivity index (χ0n) is 12.9. The third-order valence-electron chi connectivity index (χ3n) is 3.71. The van der Waals surface area contributed by atoms with Gasteiger partial charge in [-0.3, -0.25) is 0 Å². The highest BCUT2D eigenvalue weighted by atomic mass is 127. The largest absolute Gasteiger partial charge is 1.00 e. The lowest BCUT2D eigenvalue weighted by Crippen LogP contribution is -3.00. The molecule has 0 aliphatic rings. The van der Waals surface area contributed by atoms with Gasteiger partial charge >= 0.3 is 0 Å². The van der Waals surface area contributed by atoms with Crippen molar-refractivity contribution < 1.29 is 24.0 Å². The van der Waals surface area contributed by atoms with Gasteiger partial charge in [-0.1, -0.05) is 49.7 Å². The van der Waals surface area contributed by atoms with Gasteiger partial charge in [0, 0.05) is 0 Å². The van der Waals surface area contributed by atoms with Crippen molar-refractivity contribution in [3.05, 3.63) is 72.6 Å². The molecular formula is C19H24IP. The molecule has 0 saturated heterocycles. The first kappa shape index (κ1) is 18.4. The summed E-state index contributed by atoms with van der Waals surface area (Å²) in [7, 11) is -1.39. The molecule has 0 N–H and O–H groups in total. The maximum Gasteiger partial charge on any atom is 0.103 e. The zero-order chi connectivity index (χ0) is 14.3. The minimum atomic E-state index is -1.39. The number of hydrogen-bond acceptors (Lipinski definition) is 0. The van der Waals surface area contributed by atoms with E-state index in [1.807, 2.05) is 0 Å². The van der Waals surface area contributed by atoms with E-state index in [0.29, 0.717) is 0 Å². The van der Waals surface area contributed by atoms with Crippen LogP contribution in [0.4, 0.5) is 0 Å². The quantitative estimate of drug-likeness (QED) is 0.388. The third kappa shape index (κ3) is 4.93. The molecular weight excluding hydrogens is 386 g/mol. The van der Waals surface area contributed by atoms with E-state index in [1.165, 1.54) is 29.9 Å². The summed E-state index contributed by atoms with van der Waals surface area (Å²) < 4.78 is 0. The van der Waals surface area contributed by atoms with Crippen LogP contribution in [0.3, 0.4) is 0 Å². The van der Waals surface area contributed by atoms with Crippen molar-refractivity contribution in [3.8, 4) is 0 Å². The summed E-state index contributed by atoms with van der Waals surface area (Å²) in [5.41, 5.74) is 0. The third-order valence-corrected chi connectivity index (χ3v) is 7.26. The molecule has 0 heterocycles. The number of hydrogen-bond donors (Lipinski definition) is 0. The number of allylic oxidation sites excluding steroid dienone is 1. The fourth-order valence-electron chi connectivity index (χ4n) is 2.40. The van der Waals surface area contributed by atoms with Crippen LogP contribution in [-0.4, -0.2) is 6.66 Å². The van der Waals surface area contributed by atoms with Gasteiger partial charge in [-0.05, 0) is 43.2 Å². The first-order valence-electron chi connectivity index (χ1n) is 7.42. The first-order chi connectivity index (χ1) is 9.77. The van der Waals surface area contributed by atoms with Crippen LogP contribution in [0.25, 0.3) is 0 Å². The molecule has 0 bridgehead atoms. The van der Waals surface area contributed by atoms with Crippen LogP contribution >= 0.6 is 7.26 Å². The molecule has 21 heavy (non-hydrogen) atoms. The Bertz CT molecular complexity index is 495. The van der Waals surface area contributed by atoms with Crippen LogP contribution in [0.1, 0.15) is 26.2 Å². The monoisotopic (exact) mass is 410 g/mol. The predicted molar refractivity (Wildman–Crippen MR) is 93.7 cm³/mol. The van der Waals surface area contributed by atoms with Crippen molar-refractivity contribution in [1.82, 2.24) is 0 Å². The highest BCUT2D eigenvalue weighted by molar-refractivity contribution is 7.91. The van der Waals surface area contributed by atoms with Gasteiger partial charge in [-0.25, -0.2) is 0 Å². The Labute approximate surface area is 147 Å². The second-order valence-electron chi connectivity index (χ2n) is 5.27. The van der Waals surface area contributed by atoms with Gasteiger partial charge in [0.1, 0.15) is 17.9 Å². The van der Waals surface area contributed by atoms with Gasteiger partial charge in [0.05, 0.1) is 12.5 Å². The maximum absolute atomic E-state index is 2.48. The first-order valence-corrected chi connectivity index (χ1v) is 9.73. The molecule has 0 amide bonds. The smallest absolute Gasteiger partial charge is 0.103 e. The molecule has 0 unspecified atom stereocenters. The summed E-state index contributed by atoms with van der Waals surface area (Å²) in [6, 6.07) is 21.9. The van der Waals surface area contributed by atoms with Crippen LogP contribution in [0, 0.1) is 0 Å². The van der Waals surface area contributed by atoms with E-state index in [0.717, 1.165) is 0 Å². The molecule has 0 nitrogen and oxygen atoms in total. The highest BCUT2D eigenvalue weighted by Crippen LogP contribution is 2.54. The van der Waals surface area contributed by atoms with Crippen molar-refractivity contribution >= 4 is 17.9 Å². The Kier molecular flexibility index (Phi) is 8.21. The Hall–Kier alpha value is -0.660. The van der Waals surface area contributed by atoms with Crippen molar-refractivity contribution in [3.63, 3.8) is 0 Å². The minimum Gasteiger partial charge on any atom is -1.00 e. The summed E-state index contributed by atoms with van der Waals surface area (Å²) in [4.78, 5) is 0. The fraction of sp³-hybridized carbons (Fsp3) is 0.263. The SMILES string of the molecule is CCCC/C=C/[P+](C)(c1ccccc1)c1ccccc1.[I-]. The van der Waals surface area contributed by atoms with Crippen LogP contribution in [0.2, 0.25) is 0 Å². The average Bonchev–Trinajstić information content (AvgIpc) is 2.53. The summed E-state index contributed by atoms with van der Waals surface area (Å²) in [6.45, 7) is 4.66. The molecule has 0 radical (unpaired) electrons. The van der Waals surface area contributed by atoms with E-state index >= 15 is 0 Å². The normalized spacial score (nSPS) is 11.3. The number of unbranched alkanes of at least 4 members (excludes halogenated alkanes) is 2. The van der Waals surface area contributed by atoms with E-state index in [4.69, 9.17) is 0 Å². The number of rotatable bonds is 6. The van der Waals surface area contributed by atoms with Crippen LogP contribution in [0.15, 0.2) is 72.6 Å². The molecule has 0 saturated carbocycles. The van der Waals surface area contributed by atoms with Crippen molar-refractivity contribution in [1.29, 1.82) is 0 Å². The molecule has 0 spiro atoms. The molecule has 2 aromatic carbocycles. The molecule has 0 fully saturated rings. The topological polar surface area (TPSA) is 0 Å². The van der Waals surface area contributed by atoms with E-state index < -0.39 is 7.26 Å². The molecule has 0 aliphatic heterocycles. The lowest BCUT2D eigenvalue weighted by atomic mass is 10.2. The minimum absolute atomic E-state index is 0. The second kappa shape index (κ2) is 9.38. The number of halogens is 1. The van der Waals surface area contributed by atoms with Gasteiger partial charge in [0.25, 0.3) is 0 Å². The predicted octanol–water partition coefficient (Wildman–Crippen LogP) is 1.99. The van der Waals surface area contributed by atoms with E-state index in [1.54, 1.807) is 0 Å². The maximum atomic E-state index is 2.48. The second-order valence-corrected chi connectivity index (χ2v) is 8.76. The van der Waals surface area contributed by atoms with Crippen LogP contribution in [0.5, 0.6) is 0 Å². The average molecular weight is 410 g/mol. The van der Waals surface area contributed by atoms with Crippen molar-refractivity contribution in [2.45, 2.75) is 26.2 Å². The molecule has 0 atom stereocenters. The Morgan fingerprint density at radius 3 is 1.76 bits per heavy atom. The lowest BCUT2D eigenvalue weighted by Gasteiger charge is -2.18. The van der Waals surface area contributed by atoms with Crippen molar-refractivity contribution in [2.24, 2.45) is 0 Å². The fourth-order valence-corrected chi connectivity index (χ4v) is 5.20. The van der Waals surface area contributed by atoms with Gasteiger partial charge in [-0.2, -0.15) is 0 Å². The molecule has 0 aliphatic carbocycles. The molecule has 2 rings (SSSR count). The van der Waals surface area contributed by atoms with Gasteiger partial charge < -0.3 is 24.0 Å². The Balaban J connectivity index is 0.00000220. The lowest BCUT2D eigenvalue weighted by molar-refractivity contribution is -0.00000411. The Morgan fingerprint density at radius 2 is 1.33 bits per heavy atom. The molecule has 0 aromatic heterocycles. The van der Waals surface area contributed by atoms with E-state index in [-0.39, 0.29) is 24.0 Å². The molecule has 2 aromatic rings. The molecule has 2 heteroatoms. The number of benzene rings is 2. The van der Waals surface area contributed by atoms with E-state index in [9.17, 15) is 0 Å². The van der Waals surface area contributed by atoms with E-state index in [2.05, 4.69) is 86.1 Å². The summed E-state index contributed by atoms with van der Waals surface area (Å²) in [5.74, 6) is 2.48. The van der Waals surface area contributed by atoms with Gasteiger partial charge in [0.2, 0.25) is 0 Å². The standard InChI is InChI=1S/C19H24P.HI/c1-3-4-5-12-17-20(2,18-13-8-6-9-14-18)19-15-10-7-11-16-19;/h6-17H,3-5H2,1-2H3;1H/q+1;/p-1/b17-12+;. The zero-order valence-corrected chi connectivity index (χ0v) is 15.9. The van der Waals surface area contributed by atoms with Gasteiger partial charge in [0.15, 0.2) is 0 Å². The van der Waals surface area contributed by atoms with Crippen LogP contribution in [-0.2, 0) is 0 Å². The Morgan fingerprint density at radius 1 is 0.857 bits per heavy atom. The highest BCUT2D eigenvalue weighted by Gasteiger charge is 2.34. The van der Waals surface area contributed by atoms with Crippen molar-refractivity contribution in [2.75, 3.05) is 6.66 Å². The summed E-state index contributed by atoms with van der Waals surface area (Å²) in [5, 5.41) is 2.91. The van der Waals surface area contributed by atoms with Crippen LogP contribution < -0.4 is 34.6 Å². The summed E-state index contributed by atoms with van der Waals surface area (Å²) >= 11 is 0. The van der Waals surface area contributed by atoms with Gasteiger partial charge in [-0.15, -0.1) is 0 Å².